The van der Waals surface area contributed by atoms with Crippen LogP contribution in [0.15, 0.2) is 24.3 Å². The van der Waals surface area contributed by atoms with Crippen LogP contribution < -0.4 is 10.2 Å². The van der Waals surface area contributed by atoms with E-state index < -0.39 is 0 Å². The van der Waals surface area contributed by atoms with Crippen LogP contribution in [0.1, 0.15) is 11.4 Å². The van der Waals surface area contributed by atoms with Crippen molar-refractivity contribution in [3.8, 4) is 0 Å². The minimum atomic E-state index is 0.660. The Bertz CT molecular complexity index is 575. The topological polar surface area (TPSA) is 33.1 Å². The van der Waals surface area contributed by atoms with Crippen molar-refractivity contribution in [2.75, 3.05) is 24.3 Å². The molecule has 0 aliphatic carbocycles. The number of hydrogen-bond donors (Lipinski definition) is 1. The number of rotatable bonds is 4. The van der Waals surface area contributed by atoms with E-state index in [9.17, 15) is 0 Å². The molecule has 1 N–H and O–H groups in total. The van der Waals surface area contributed by atoms with Crippen molar-refractivity contribution >= 4 is 23.0 Å². The number of anilines is 2. The van der Waals surface area contributed by atoms with E-state index in [0.717, 1.165) is 27.8 Å². The molecule has 102 valence electrons. The van der Waals surface area contributed by atoms with Gasteiger partial charge in [-0.25, -0.2) is 0 Å². The Hall–Kier alpha value is -1.68. The molecule has 0 aliphatic rings. The molecule has 0 unspecified atom stereocenters. The predicted octanol–water partition coefficient (Wildman–Crippen LogP) is 3.06. The molecule has 0 saturated heterocycles. The molecule has 19 heavy (non-hydrogen) atoms. The number of nitrogens with one attached hydrogen (secondary N) is 1. The van der Waals surface area contributed by atoms with Crippen molar-refractivity contribution in [2.24, 2.45) is 7.05 Å². The van der Waals surface area contributed by atoms with E-state index in [1.807, 2.05) is 44.9 Å². The van der Waals surface area contributed by atoms with E-state index in [0.29, 0.717) is 6.54 Å². The third-order valence-corrected chi connectivity index (χ3v) is 3.58. The van der Waals surface area contributed by atoms with E-state index in [2.05, 4.69) is 27.4 Å². The highest BCUT2D eigenvalue weighted by Crippen LogP contribution is 2.22. The van der Waals surface area contributed by atoms with Gasteiger partial charge in [0.15, 0.2) is 0 Å². The molecule has 0 fully saturated rings. The molecular weight excluding hydrogens is 260 g/mol. The van der Waals surface area contributed by atoms with Crippen LogP contribution in [0.25, 0.3) is 0 Å². The van der Waals surface area contributed by atoms with Crippen LogP contribution >= 0.6 is 11.6 Å². The largest absolute Gasteiger partial charge is 0.379 e. The lowest BCUT2D eigenvalue weighted by Gasteiger charge is -2.14. The quantitative estimate of drug-likeness (QED) is 0.933. The molecule has 0 bridgehead atoms. The summed E-state index contributed by atoms with van der Waals surface area (Å²) in [5, 5.41) is 8.42. The lowest BCUT2D eigenvalue weighted by Crippen LogP contribution is -2.10. The average Bonchev–Trinajstić information content (AvgIpc) is 2.61. The number of aryl methyl sites for hydroxylation is 2. The molecule has 4 nitrogen and oxygen atoms in total. The minimum absolute atomic E-state index is 0.660. The smallest absolute Gasteiger partial charge is 0.0865 e. The zero-order valence-corrected chi connectivity index (χ0v) is 12.5. The summed E-state index contributed by atoms with van der Waals surface area (Å²) >= 11 is 6.23. The van der Waals surface area contributed by atoms with Gasteiger partial charge in [-0.3, -0.25) is 4.68 Å². The summed E-state index contributed by atoms with van der Waals surface area (Å²) in [5.74, 6) is 0. The van der Waals surface area contributed by atoms with Gasteiger partial charge >= 0.3 is 0 Å². The van der Waals surface area contributed by atoms with Crippen molar-refractivity contribution in [3.05, 3.63) is 40.7 Å². The second kappa shape index (κ2) is 5.53. The second-order valence-corrected chi connectivity index (χ2v) is 5.15. The highest BCUT2D eigenvalue weighted by atomic mass is 35.5. The van der Waals surface area contributed by atoms with E-state index in [-0.39, 0.29) is 0 Å². The summed E-state index contributed by atoms with van der Waals surface area (Å²) in [6.45, 7) is 2.57. The van der Waals surface area contributed by atoms with Crippen molar-refractivity contribution in [3.63, 3.8) is 0 Å². The molecule has 0 spiro atoms. The lowest BCUT2D eigenvalue weighted by molar-refractivity contribution is 0.713. The molecule has 1 aromatic heterocycles. The zero-order chi connectivity index (χ0) is 14.0. The molecule has 2 rings (SSSR count). The maximum absolute atomic E-state index is 6.23. The first-order valence-electron chi connectivity index (χ1n) is 6.18. The summed E-state index contributed by atoms with van der Waals surface area (Å²) in [7, 11) is 5.97. The fourth-order valence-electron chi connectivity index (χ4n) is 1.95. The number of benzene rings is 1. The first kappa shape index (κ1) is 13.7. The van der Waals surface area contributed by atoms with Crippen molar-refractivity contribution in [1.82, 2.24) is 9.78 Å². The Morgan fingerprint density at radius 2 is 2.11 bits per heavy atom. The fraction of sp³-hybridized carbons (Fsp3) is 0.357. The fourth-order valence-corrected chi connectivity index (χ4v) is 2.18. The Morgan fingerprint density at radius 1 is 1.37 bits per heavy atom. The van der Waals surface area contributed by atoms with E-state index in [1.165, 1.54) is 0 Å². The molecule has 0 amide bonds. The van der Waals surface area contributed by atoms with Gasteiger partial charge in [0.1, 0.15) is 0 Å². The first-order chi connectivity index (χ1) is 8.99. The van der Waals surface area contributed by atoms with Gasteiger partial charge in [-0.1, -0.05) is 17.7 Å². The van der Waals surface area contributed by atoms with Crippen LogP contribution in [0, 0.1) is 6.92 Å². The standard InChI is InChI=1S/C14H19ClN4/c1-10-14(15)13(19(4)17-10)9-16-11-6-5-7-12(8-11)18(2)3/h5-8,16H,9H2,1-4H3. The third-order valence-electron chi connectivity index (χ3n) is 3.08. The van der Waals surface area contributed by atoms with Gasteiger partial charge in [-0.15, -0.1) is 0 Å². The average molecular weight is 279 g/mol. The van der Waals surface area contributed by atoms with Crippen molar-refractivity contribution < 1.29 is 0 Å². The summed E-state index contributed by atoms with van der Waals surface area (Å²) in [6.07, 6.45) is 0. The molecular formula is C14H19ClN4. The Balaban J connectivity index is 2.12. The van der Waals surface area contributed by atoms with Gasteiger partial charge in [-0.05, 0) is 25.1 Å². The summed E-state index contributed by atoms with van der Waals surface area (Å²) in [4.78, 5) is 2.08. The van der Waals surface area contributed by atoms with E-state index in [1.54, 1.807) is 0 Å². The number of halogens is 1. The predicted molar refractivity (Wildman–Crippen MR) is 81.1 cm³/mol. The third kappa shape index (κ3) is 3.01. The van der Waals surface area contributed by atoms with E-state index >= 15 is 0 Å². The van der Waals surface area contributed by atoms with Gasteiger partial charge in [0.2, 0.25) is 0 Å². The maximum atomic E-state index is 6.23. The van der Waals surface area contributed by atoms with Gasteiger partial charge in [0.25, 0.3) is 0 Å². The highest BCUT2D eigenvalue weighted by molar-refractivity contribution is 6.31. The van der Waals surface area contributed by atoms with Crippen LogP contribution in [-0.2, 0) is 13.6 Å². The monoisotopic (exact) mass is 278 g/mol. The van der Waals surface area contributed by atoms with Gasteiger partial charge in [-0.2, -0.15) is 5.10 Å². The van der Waals surface area contributed by atoms with Crippen LogP contribution in [0.2, 0.25) is 5.02 Å². The SMILES string of the molecule is Cc1nn(C)c(CNc2cccc(N(C)C)c2)c1Cl. The molecule has 1 heterocycles. The van der Waals surface area contributed by atoms with Crippen LogP contribution in [-0.4, -0.2) is 23.9 Å². The molecule has 0 aliphatic heterocycles. The Kier molecular flexibility index (Phi) is 4.00. The molecule has 0 radical (unpaired) electrons. The Morgan fingerprint density at radius 3 is 2.68 bits per heavy atom. The maximum Gasteiger partial charge on any atom is 0.0865 e. The number of hydrogen-bond acceptors (Lipinski definition) is 3. The summed E-state index contributed by atoms with van der Waals surface area (Å²) in [5.41, 5.74) is 4.09. The summed E-state index contributed by atoms with van der Waals surface area (Å²) in [6, 6.07) is 8.27. The van der Waals surface area contributed by atoms with Crippen LogP contribution in [0.4, 0.5) is 11.4 Å². The first-order valence-corrected chi connectivity index (χ1v) is 6.56. The lowest BCUT2D eigenvalue weighted by atomic mass is 10.2. The molecule has 5 heteroatoms. The molecule has 2 aromatic rings. The minimum Gasteiger partial charge on any atom is -0.379 e. The van der Waals surface area contributed by atoms with Crippen LogP contribution in [0.3, 0.4) is 0 Å². The molecule has 0 saturated carbocycles. The highest BCUT2D eigenvalue weighted by Gasteiger charge is 2.10. The van der Waals surface area contributed by atoms with Gasteiger partial charge < -0.3 is 10.2 Å². The molecule has 1 aromatic carbocycles. The van der Waals surface area contributed by atoms with Crippen molar-refractivity contribution in [1.29, 1.82) is 0 Å². The normalized spacial score (nSPS) is 10.6. The van der Waals surface area contributed by atoms with Crippen molar-refractivity contribution in [2.45, 2.75) is 13.5 Å². The Labute approximate surface area is 119 Å². The van der Waals surface area contributed by atoms with Gasteiger partial charge in [0, 0.05) is 32.5 Å². The van der Waals surface area contributed by atoms with Crippen LogP contribution in [0.5, 0.6) is 0 Å². The number of nitrogens with zero attached hydrogens (tertiary/aromatic N) is 3. The second-order valence-electron chi connectivity index (χ2n) is 4.77. The molecule has 0 atom stereocenters. The van der Waals surface area contributed by atoms with E-state index in [4.69, 9.17) is 11.6 Å². The summed E-state index contributed by atoms with van der Waals surface area (Å²) < 4.78 is 1.82. The zero-order valence-electron chi connectivity index (χ0n) is 11.7. The van der Waals surface area contributed by atoms with Gasteiger partial charge in [0.05, 0.1) is 23.0 Å². The number of aromatic nitrogens is 2.